The van der Waals surface area contributed by atoms with Gasteiger partial charge in [-0.1, -0.05) is 152 Å². The predicted octanol–water partition coefficient (Wildman–Crippen LogP) is 8.48. The highest BCUT2D eigenvalue weighted by molar-refractivity contribution is 7.71. The zero-order chi connectivity index (χ0) is 34.7. The molecule has 0 aliphatic carbocycles. The third-order valence-corrected chi connectivity index (χ3v) is 9.16. The van der Waals surface area contributed by atoms with Gasteiger partial charge >= 0.3 is 0 Å². The van der Waals surface area contributed by atoms with Crippen LogP contribution in [-0.4, -0.2) is 46.0 Å². The first kappa shape index (κ1) is 34.7. The van der Waals surface area contributed by atoms with Gasteiger partial charge < -0.3 is 23.7 Å². The lowest BCUT2D eigenvalue weighted by molar-refractivity contribution is -0.302. The maximum atomic E-state index is 6.98. The molecule has 1 fully saturated rings. The molecule has 1 aromatic heterocycles. The molecule has 5 atom stereocenters. The maximum absolute atomic E-state index is 6.98. The van der Waals surface area contributed by atoms with Gasteiger partial charge in [-0.25, -0.2) is 0 Å². The van der Waals surface area contributed by atoms with Crippen LogP contribution in [0.4, 0.5) is 0 Å². The number of rotatable bonds is 15. The standard InChI is InChI=1S/C42H41N3O5S/c51-42-44-43-40(35-24-14-5-15-25-35)45(42)37-39(48-28-33-20-10-3-11-21-33)38(47-27-32-18-8-2-9-19-32)36(30-46-26-31-16-6-1-7-17-31)50-41(37)49-29-34-22-12-4-13-23-34/h1-25,36-39,41H,26-30H2,(H,44,51)/t36-,37-,38-,39-,41-/m1/s1. The predicted molar refractivity (Wildman–Crippen MR) is 198 cm³/mol. The van der Waals surface area contributed by atoms with E-state index < -0.39 is 30.6 Å². The van der Waals surface area contributed by atoms with Gasteiger partial charge in [0.15, 0.2) is 16.9 Å². The van der Waals surface area contributed by atoms with E-state index in [9.17, 15) is 0 Å². The summed E-state index contributed by atoms with van der Waals surface area (Å²) in [5.41, 5.74) is 5.04. The summed E-state index contributed by atoms with van der Waals surface area (Å²) in [5, 5.41) is 7.74. The Balaban J connectivity index is 1.29. The first-order valence-corrected chi connectivity index (χ1v) is 17.6. The van der Waals surface area contributed by atoms with Crippen molar-refractivity contribution in [3.8, 4) is 11.4 Å². The van der Waals surface area contributed by atoms with Crippen LogP contribution < -0.4 is 0 Å². The van der Waals surface area contributed by atoms with E-state index in [0.29, 0.717) is 37.0 Å². The van der Waals surface area contributed by atoms with Gasteiger partial charge in [0.1, 0.15) is 24.4 Å². The molecule has 8 nitrogen and oxygen atoms in total. The molecular weight excluding hydrogens is 659 g/mol. The van der Waals surface area contributed by atoms with E-state index >= 15 is 0 Å². The van der Waals surface area contributed by atoms with Gasteiger partial charge in [-0.3, -0.25) is 9.67 Å². The Morgan fingerprint density at radius 1 is 0.569 bits per heavy atom. The van der Waals surface area contributed by atoms with Gasteiger partial charge in [0.2, 0.25) is 0 Å². The second kappa shape index (κ2) is 17.5. The third kappa shape index (κ3) is 8.95. The topological polar surface area (TPSA) is 79.8 Å². The number of H-pyrrole nitrogens is 1. The number of hydrogen-bond acceptors (Lipinski definition) is 7. The lowest BCUT2D eigenvalue weighted by Crippen LogP contribution is -2.58. The molecule has 9 heteroatoms. The minimum absolute atomic E-state index is 0.250. The molecule has 0 saturated carbocycles. The zero-order valence-electron chi connectivity index (χ0n) is 28.2. The third-order valence-electron chi connectivity index (χ3n) is 8.87. The van der Waals surface area contributed by atoms with Gasteiger partial charge in [0.05, 0.1) is 33.0 Å². The Morgan fingerprint density at radius 3 is 1.55 bits per heavy atom. The molecule has 0 unspecified atom stereocenters. The van der Waals surface area contributed by atoms with Crippen LogP contribution in [0.15, 0.2) is 152 Å². The smallest absolute Gasteiger partial charge is 0.195 e. The summed E-state index contributed by atoms with van der Waals surface area (Å²) >= 11 is 5.96. The van der Waals surface area contributed by atoms with Crippen LogP contribution in [0, 0.1) is 4.77 Å². The first-order chi connectivity index (χ1) is 25.2. The van der Waals surface area contributed by atoms with Crippen LogP contribution in [0.5, 0.6) is 0 Å². The Labute approximate surface area is 303 Å². The van der Waals surface area contributed by atoms with Crippen LogP contribution in [0.2, 0.25) is 0 Å². The van der Waals surface area contributed by atoms with Gasteiger partial charge in [-0.2, -0.15) is 5.10 Å². The molecule has 1 aliphatic heterocycles. The fourth-order valence-electron chi connectivity index (χ4n) is 6.35. The van der Waals surface area contributed by atoms with Crippen molar-refractivity contribution in [2.24, 2.45) is 0 Å². The Morgan fingerprint density at radius 2 is 1.02 bits per heavy atom. The first-order valence-electron chi connectivity index (χ1n) is 17.2. The SMILES string of the molecule is S=c1[nH]nc(-c2ccccc2)n1[C@H]1[C@H](OCc2ccccc2)O[C@H](COCc2ccccc2)[C@@H](OCc2ccccc2)[C@@H]1OCc1ccccc1. The lowest BCUT2D eigenvalue weighted by Gasteiger charge is -2.46. The van der Waals surface area contributed by atoms with Crippen molar-refractivity contribution in [2.75, 3.05) is 6.61 Å². The van der Waals surface area contributed by atoms with Crippen LogP contribution in [0.1, 0.15) is 28.3 Å². The molecule has 5 aromatic carbocycles. The van der Waals surface area contributed by atoms with Gasteiger partial charge in [-0.15, -0.1) is 0 Å². The average Bonchev–Trinajstić information content (AvgIpc) is 3.58. The molecule has 0 amide bonds. The van der Waals surface area contributed by atoms with Crippen molar-refractivity contribution in [1.29, 1.82) is 0 Å². The van der Waals surface area contributed by atoms with Crippen molar-refractivity contribution < 1.29 is 23.7 Å². The number of nitrogens with one attached hydrogen (secondary N) is 1. The summed E-state index contributed by atoms with van der Waals surface area (Å²) in [6.07, 6.45) is -2.52. The number of aromatic nitrogens is 3. The zero-order valence-corrected chi connectivity index (χ0v) is 29.0. The molecule has 1 saturated heterocycles. The van der Waals surface area contributed by atoms with Crippen molar-refractivity contribution >= 4 is 12.2 Å². The number of ether oxygens (including phenoxy) is 5. The average molecular weight is 700 g/mol. The Kier molecular flexibility index (Phi) is 11.9. The lowest BCUT2D eigenvalue weighted by atomic mass is 9.95. The number of hydrogen-bond donors (Lipinski definition) is 1. The van der Waals surface area contributed by atoms with E-state index in [1.54, 1.807) is 0 Å². The molecule has 0 spiro atoms. The van der Waals surface area contributed by atoms with Crippen LogP contribution in [-0.2, 0) is 50.1 Å². The van der Waals surface area contributed by atoms with Crippen LogP contribution in [0.25, 0.3) is 11.4 Å². The van der Waals surface area contributed by atoms with Gasteiger partial charge in [0, 0.05) is 5.56 Å². The van der Waals surface area contributed by atoms with E-state index in [2.05, 4.69) is 22.3 Å². The van der Waals surface area contributed by atoms with E-state index in [-0.39, 0.29) is 6.61 Å². The number of aromatic amines is 1. The summed E-state index contributed by atoms with van der Waals surface area (Å²) in [4.78, 5) is 0. The summed E-state index contributed by atoms with van der Waals surface area (Å²) in [7, 11) is 0. The monoisotopic (exact) mass is 699 g/mol. The van der Waals surface area contributed by atoms with Crippen molar-refractivity contribution in [3.63, 3.8) is 0 Å². The quantitative estimate of drug-likeness (QED) is 0.108. The molecule has 0 bridgehead atoms. The van der Waals surface area contributed by atoms with Gasteiger partial charge in [-0.05, 0) is 34.5 Å². The minimum atomic E-state index is -0.806. The largest absolute Gasteiger partial charge is 0.374 e. The summed E-state index contributed by atoms with van der Waals surface area (Å²) in [6, 6.07) is 49.7. The highest BCUT2D eigenvalue weighted by Crippen LogP contribution is 2.39. The molecule has 7 rings (SSSR count). The molecule has 51 heavy (non-hydrogen) atoms. The Hall–Kier alpha value is -4.74. The van der Waals surface area contributed by atoms with E-state index in [0.717, 1.165) is 27.8 Å². The van der Waals surface area contributed by atoms with E-state index in [1.807, 2.05) is 144 Å². The molecular formula is C42H41N3O5S. The molecule has 1 N–H and O–H groups in total. The van der Waals surface area contributed by atoms with E-state index in [1.165, 1.54) is 0 Å². The Bertz CT molecular complexity index is 1960. The molecule has 6 aromatic rings. The minimum Gasteiger partial charge on any atom is -0.374 e. The second-order valence-corrected chi connectivity index (χ2v) is 12.8. The van der Waals surface area contributed by atoms with E-state index in [4.69, 9.17) is 35.9 Å². The molecule has 1 aliphatic rings. The highest BCUT2D eigenvalue weighted by Gasteiger charge is 2.50. The highest BCUT2D eigenvalue weighted by atomic mass is 32.1. The summed E-state index contributed by atoms with van der Waals surface area (Å²) in [5.74, 6) is 0.649. The maximum Gasteiger partial charge on any atom is 0.195 e. The fraction of sp³-hybridized carbons (Fsp3) is 0.238. The fourth-order valence-corrected chi connectivity index (χ4v) is 6.61. The number of benzene rings is 5. The van der Waals surface area contributed by atoms with Gasteiger partial charge in [0.25, 0.3) is 0 Å². The van der Waals surface area contributed by atoms with Crippen LogP contribution >= 0.6 is 12.2 Å². The molecule has 2 heterocycles. The molecule has 260 valence electrons. The van der Waals surface area contributed by atoms with Crippen molar-refractivity contribution in [3.05, 3.63) is 179 Å². The summed E-state index contributed by atoms with van der Waals surface area (Å²) < 4.78 is 36.2. The second-order valence-electron chi connectivity index (χ2n) is 12.4. The molecule has 0 radical (unpaired) electrons. The normalized spacial score (nSPS) is 20.3. The van der Waals surface area contributed by atoms with Crippen molar-refractivity contribution in [1.82, 2.24) is 14.8 Å². The van der Waals surface area contributed by atoms with Crippen molar-refractivity contribution in [2.45, 2.75) is 57.1 Å². The number of nitrogens with zero attached hydrogens (tertiary/aromatic N) is 2. The van der Waals surface area contributed by atoms with Crippen LogP contribution in [0.3, 0.4) is 0 Å². The summed E-state index contributed by atoms with van der Waals surface area (Å²) in [6.45, 7) is 1.67.